The van der Waals surface area contributed by atoms with E-state index in [1.54, 1.807) is 45.5 Å². The second-order valence-electron chi connectivity index (χ2n) is 8.33. The molecule has 0 fully saturated rings. The first-order chi connectivity index (χ1) is 18.0. The van der Waals surface area contributed by atoms with Gasteiger partial charge in [-0.2, -0.15) is 0 Å². The van der Waals surface area contributed by atoms with Gasteiger partial charge >= 0.3 is 0 Å². The van der Waals surface area contributed by atoms with Crippen LogP contribution in [0.2, 0.25) is 0 Å². The zero-order chi connectivity index (χ0) is 26.6. The summed E-state index contributed by atoms with van der Waals surface area (Å²) in [6.07, 6.45) is 0.0746. The average molecular weight is 507 g/mol. The molecular weight excluding hydrogens is 472 g/mol. The lowest BCUT2D eigenvalue weighted by molar-refractivity contribution is -0.141. The molecule has 196 valence electrons. The Morgan fingerprint density at radius 2 is 1.49 bits per heavy atom. The third kappa shape index (κ3) is 7.47. The van der Waals surface area contributed by atoms with Gasteiger partial charge in [-0.25, -0.2) is 0 Å². The quantitative estimate of drug-likeness (QED) is 0.355. The van der Waals surface area contributed by atoms with Crippen molar-refractivity contribution >= 4 is 11.8 Å². The molecule has 0 spiro atoms. The van der Waals surface area contributed by atoms with E-state index in [-0.39, 0.29) is 24.8 Å². The molecule has 0 aliphatic heterocycles. The zero-order valence-corrected chi connectivity index (χ0v) is 21.7. The fourth-order valence-corrected chi connectivity index (χ4v) is 4.00. The van der Waals surface area contributed by atoms with Gasteiger partial charge in [-0.3, -0.25) is 9.59 Å². The van der Waals surface area contributed by atoms with E-state index in [0.29, 0.717) is 36.0 Å². The number of carbonyl (C=O) groups excluding carboxylic acids is 2. The van der Waals surface area contributed by atoms with Crippen LogP contribution in [0.5, 0.6) is 17.2 Å². The minimum atomic E-state index is -0.840. The third-order valence-corrected chi connectivity index (χ3v) is 5.92. The summed E-state index contributed by atoms with van der Waals surface area (Å²) in [5, 5.41) is 2.90. The fraction of sp³-hybridized carbons (Fsp3) is 0.310. The molecular formula is C29H34N2O6. The molecule has 3 rings (SSSR count). The van der Waals surface area contributed by atoms with Crippen molar-refractivity contribution in [1.82, 2.24) is 10.2 Å². The molecule has 8 nitrogen and oxygen atoms in total. The van der Waals surface area contributed by atoms with E-state index in [4.69, 9.17) is 18.9 Å². The molecule has 0 aromatic heterocycles. The number of carbonyl (C=O) groups is 2. The maximum atomic E-state index is 13.9. The van der Waals surface area contributed by atoms with Gasteiger partial charge in [0.2, 0.25) is 11.8 Å². The molecule has 0 aliphatic rings. The summed E-state index contributed by atoms with van der Waals surface area (Å²) in [6, 6.07) is 21.3. The molecule has 3 aromatic carbocycles. The number of amides is 2. The van der Waals surface area contributed by atoms with Gasteiger partial charge in [0, 0.05) is 20.2 Å². The van der Waals surface area contributed by atoms with E-state index < -0.39 is 6.04 Å². The first kappa shape index (κ1) is 27.5. The third-order valence-electron chi connectivity index (χ3n) is 5.92. The van der Waals surface area contributed by atoms with Crippen molar-refractivity contribution in [3.05, 3.63) is 89.5 Å². The largest absolute Gasteiger partial charge is 0.497 e. The summed E-state index contributed by atoms with van der Waals surface area (Å²) < 4.78 is 21.1. The van der Waals surface area contributed by atoms with Crippen molar-refractivity contribution in [1.29, 1.82) is 0 Å². The van der Waals surface area contributed by atoms with Crippen LogP contribution < -0.4 is 19.5 Å². The van der Waals surface area contributed by atoms with E-state index in [2.05, 4.69) is 5.32 Å². The average Bonchev–Trinajstić information content (AvgIpc) is 2.93. The molecule has 0 heterocycles. The lowest BCUT2D eigenvalue weighted by atomic mass is 10.0. The Labute approximate surface area is 218 Å². The van der Waals surface area contributed by atoms with Gasteiger partial charge in [-0.15, -0.1) is 0 Å². The van der Waals surface area contributed by atoms with E-state index in [1.807, 2.05) is 60.7 Å². The summed E-state index contributed by atoms with van der Waals surface area (Å²) in [5.74, 6) is 1.33. The first-order valence-electron chi connectivity index (χ1n) is 12.0. The number of benzene rings is 3. The number of nitrogens with one attached hydrogen (secondary N) is 1. The van der Waals surface area contributed by atoms with Crippen molar-refractivity contribution in [2.45, 2.75) is 19.0 Å². The highest BCUT2D eigenvalue weighted by molar-refractivity contribution is 5.89. The smallest absolute Gasteiger partial charge is 0.247 e. The molecule has 0 unspecified atom stereocenters. The standard InChI is InChI=1S/C29H34N2O6/c1-34-17-16-30-29(33)28(23-8-6-5-7-9-23)31(20-21-10-13-24(35-2)14-11-21)27(32)19-22-12-15-25(36-3)26(18-22)37-4/h5-15,18,28H,16-17,19-20H2,1-4H3,(H,30,33)/t28-/m1/s1. The Kier molecular flexibility index (Phi) is 10.3. The number of rotatable bonds is 13. The Morgan fingerprint density at radius 3 is 2.11 bits per heavy atom. The SMILES string of the molecule is COCCNC(=O)[C@@H](c1ccccc1)N(Cc1ccc(OC)cc1)C(=O)Cc1ccc(OC)c(OC)c1. The van der Waals surface area contributed by atoms with Crippen molar-refractivity contribution in [2.24, 2.45) is 0 Å². The zero-order valence-electron chi connectivity index (χ0n) is 21.7. The maximum absolute atomic E-state index is 13.9. The van der Waals surface area contributed by atoms with Gasteiger partial charge in [0.25, 0.3) is 0 Å². The van der Waals surface area contributed by atoms with E-state index in [9.17, 15) is 9.59 Å². The molecule has 1 atom stereocenters. The van der Waals surface area contributed by atoms with Gasteiger partial charge in [0.05, 0.1) is 34.4 Å². The van der Waals surface area contributed by atoms with Crippen molar-refractivity contribution in [3.63, 3.8) is 0 Å². The van der Waals surface area contributed by atoms with Gasteiger partial charge in [-0.1, -0.05) is 48.5 Å². The predicted octanol–water partition coefficient (Wildman–Crippen LogP) is 3.79. The van der Waals surface area contributed by atoms with Gasteiger partial charge in [0.1, 0.15) is 11.8 Å². The van der Waals surface area contributed by atoms with E-state index >= 15 is 0 Å². The number of nitrogens with zero attached hydrogens (tertiary/aromatic N) is 1. The van der Waals surface area contributed by atoms with Crippen LogP contribution in [0.4, 0.5) is 0 Å². The first-order valence-corrected chi connectivity index (χ1v) is 12.0. The van der Waals surface area contributed by atoms with Crippen LogP contribution in [0.1, 0.15) is 22.7 Å². The molecule has 0 saturated carbocycles. The van der Waals surface area contributed by atoms with Crippen LogP contribution in [-0.2, 0) is 27.3 Å². The van der Waals surface area contributed by atoms with Crippen LogP contribution in [0.15, 0.2) is 72.8 Å². The Bertz CT molecular complexity index is 1150. The highest BCUT2D eigenvalue weighted by atomic mass is 16.5. The van der Waals surface area contributed by atoms with Crippen LogP contribution in [0, 0.1) is 0 Å². The minimum Gasteiger partial charge on any atom is -0.497 e. The molecule has 1 N–H and O–H groups in total. The normalized spacial score (nSPS) is 11.4. The van der Waals surface area contributed by atoms with Crippen molar-refractivity contribution < 1.29 is 28.5 Å². The fourth-order valence-electron chi connectivity index (χ4n) is 4.00. The lowest BCUT2D eigenvalue weighted by Gasteiger charge is -2.32. The second-order valence-corrected chi connectivity index (χ2v) is 8.33. The highest BCUT2D eigenvalue weighted by Crippen LogP contribution is 2.29. The molecule has 2 amide bonds. The Balaban J connectivity index is 1.99. The van der Waals surface area contributed by atoms with Crippen LogP contribution >= 0.6 is 0 Å². The predicted molar refractivity (Wildman–Crippen MR) is 141 cm³/mol. The molecule has 0 radical (unpaired) electrons. The minimum absolute atomic E-state index is 0.0746. The molecule has 37 heavy (non-hydrogen) atoms. The number of hydrogen-bond donors (Lipinski definition) is 1. The molecule has 3 aromatic rings. The van der Waals surface area contributed by atoms with Gasteiger partial charge in [0.15, 0.2) is 11.5 Å². The molecule has 8 heteroatoms. The van der Waals surface area contributed by atoms with Crippen LogP contribution in [-0.4, -0.2) is 58.3 Å². The number of methoxy groups -OCH3 is 4. The van der Waals surface area contributed by atoms with Crippen LogP contribution in [0.25, 0.3) is 0 Å². The highest BCUT2D eigenvalue weighted by Gasteiger charge is 2.31. The van der Waals surface area contributed by atoms with Gasteiger partial charge < -0.3 is 29.2 Å². The van der Waals surface area contributed by atoms with Gasteiger partial charge in [-0.05, 0) is 41.0 Å². The molecule has 0 aliphatic carbocycles. The monoisotopic (exact) mass is 506 g/mol. The maximum Gasteiger partial charge on any atom is 0.247 e. The number of ether oxygens (including phenoxy) is 4. The molecule has 0 bridgehead atoms. The second kappa shape index (κ2) is 13.9. The summed E-state index contributed by atoms with van der Waals surface area (Å²) >= 11 is 0. The van der Waals surface area contributed by atoms with Crippen molar-refractivity contribution in [2.75, 3.05) is 41.6 Å². The van der Waals surface area contributed by atoms with Crippen LogP contribution in [0.3, 0.4) is 0 Å². The summed E-state index contributed by atoms with van der Waals surface area (Å²) in [7, 11) is 6.29. The topological polar surface area (TPSA) is 86.3 Å². The van der Waals surface area contributed by atoms with Crippen molar-refractivity contribution in [3.8, 4) is 17.2 Å². The van der Waals surface area contributed by atoms with E-state index in [0.717, 1.165) is 11.1 Å². The number of hydrogen-bond acceptors (Lipinski definition) is 6. The summed E-state index contributed by atoms with van der Waals surface area (Å²) in [6.45, 7) is 0.928. The molecule has 0 saturated heterocycles. The van der Waals surface area contributed by atoms with E-state index in [1.165, 1.54) is 0 Å². The lowest BCUT2D eigenvalue weighted by Crippen LogP contribution is -2.44. The Morgan fingerprint density at radius 1 is 0.811 bits per heavy atom. The summed E-state index contributed by atoms with van der Waals surface area (Å²) in [4.78, 5) is 28.9. The Hall–Kier alpha value is -4.04. The summed E-state index contributed by atoms with van der Waals surface area (Å²) in [5.41, 5.74) is 2.33.